The molecule has 0 amide bonds. The lowest BCUT2D eigenvalue weighted by Gasteiger charge is -2.29. The maximum Gasteiger partial charge on any atom is 0.328 e. The summed E-state index contributed by atoms with van der Waals surface area (Å²) in [6, 6.07) is 9.07. The van der Waals surface area contributed by atoms with Gasteiger partial charge in [-0.15, -0.1) is 0 Å². The van der Waals surface area contributed by atoms with Gasteiger partial charge in [0.05, 0.1) is 13.2 Å². The highest BCUT2D eigenvalue weighted by molar-refractivity contribution is 6.06. The smallest absolute Gasteiger partial charge is 0.328 e. The van der Waals surface area contributed by atoms with Crippen LogP contribution in [0.4, 0.5) is 0 Å². The second-order valence-corrected chi connectivity index (χ2v) is 5.29. The maximum absolute atomic E-state index is 12.7. The van der Waals surface area contributed by atoms with Crippen LogP contribution in [0.15, 0.2) is 30.3 Å². The summed E-state index contributed by atoms with van der Waals surface area (Å²) in [4.78, 5) is 25.4. The molecule has 0 aliphatic carbocycles. The molecule has 0 aliphatic heterocycles. The Morgan fingerprint density at radius 2 is 1.36 bits per heavy atom. The van der Waals surface area contributed by atoms with Gasteiger partial charge < -0.3 is 9.47 Å². The zero-order chi connectivity index (χ0) is 16.4. The van der Waals surface area contributed by atoms with E-state index >= 15 is 0 Å². The Hall–Kier alpha value is -1.84. The Balaban J connectivity index is 3.24. The molecule has 1 aromatic carbocycles. The van der Waals surface area contributed by atoms with E-state index in [1.165, 1.54) is 0 Å². The number of esters is 2. The zero-order valence-electron chi connectivity index (χ0n) is 13.8. The van der Waals surface area contributed by atoms with Crippen molar-refractivity contribution in [2.24, 2.45) is 0 Å². The van der Waals surface area contributed by atoms with E-state index in [9.17, 15) is 9.59 Å². The van der Waals surface area contributed by atoms with Crippen LogP contribution in [0.2, 0.25) is 0 Å². The van der Waals surface area contributed by atoms with Crippen LogP contribution in [0.25, 0.3) is 0 Å². The molecule has 4 nitrogen and oxygen atoms in total. The highest BCUT2D eigenvalue weighted by Crippen LogP contribution is 2.33. The average Bonchev–Trinajstić information content (AvgIpc) is 2.56. The highest BCUT2D eigenvalue weighted by Gasteiger charge is 2.49. The molecular weight excluding hydrogens is 280 g/mol. The van der Waals surface area contributed by atoms with Crippen molar-refractivity contribution in [1.82, 2.24) is 0 Å². The highest BCUT2D eigenvalue weighted by atomic mass is 16.6. The minimum atomic E-state index is -1.36. The maximum atomic E-state index is 12.7. The molecule has 1 rings (SSSR count). The van der Waals surface area contributed by atoms with Gasteiger partial charge in [-0.05, 0) is 24.8 Å². The van der Waals surface area contributed by atoms with Gasteiger partial charge in [-0.2, -0.15) is 0 Å². The van der Waals surface area contributed by atoms with Crippen molar-refractivity contribution in [2.45, 2.75) is 51.9 Å². The summed E-state index contributed by atoms with van der Waals surface area (Å²) in [5.41, 5.74) is -0.723. The molecule has 0 saturated carbocycles. The first-order chi connectivity index (χ1) is 10.6. The van der Waals surface area contributed by atoms with E-state index in [0.29, 0.717) is 44.5 Å². The lowest BCUT2D eigenvalue weighted by molar-refractivity contribution is -0.166. The van der Waals surface area contributed by atoms with E-state index in [1.54, 1.807) is 12.1 Å². The fourth-order valence-corrected chi connectivity index (χ4v) is 2.40. The molecule has 1 aromatic rings. The first-order valence-corrected chi connectivity index (χ1v) is 8.03. The molecule has 0 bridgehead atoms. The number of ether oxygens (including phenoxy) is 2. The fraction of sp³-hybridized carbons (Fsp3) is 0.556. The third-order valence-electron chi connectivity index (χ3n) is 3.46. The van der Waals surface area contributed by atoms with E-state index in [-0.39, 0.29) is 0 Å². The Labute approximate surface area is 132 Å². The minimum Gasteiger partial charge on any atom is -0.465 e. The number of hydrogen-bond donors (Lipinski definition) is 0. The largest absolute Gasteiger partial charge is 0.465 e. The van der Waals surface area contributed by atoms with E-state index in [4.69, 9.17) is 9.47 Å². The fourth-order valence-electron chi connectivity index (χ4n) is 2.40. The monoisotopic (exact) mass is 306 g/mol. The Bertz CT molecular complexity index is 447. The quantitative estimate of drug-likeness (QED) is 0.516. The van der Waals surface area contributed by atoms with Crippen LogP contribution < -0.4 is 0 Å². The number of carbonyl (C=O) groups excluding carboxylic acids is 2. The van der Waals surface area contributed by atoms with Crippen molar-refractivity contribution >= 4 is 11.9 Å². The lowest BCUT2D eigenvalue weighted by atomic mass is 9.76. The number of hydrogen-bond acceptors (Lipinski definition) is 4. The van der Waals surface area contributed by atoms with Gasteiger partial charge in [0.25, 0.3) is 0 Å². The second-order valence-electron chi connectivity index (χ2n) is 5.29. The van der Waals surface area contributed by atoms with Gasteiger partial charge >= 0.3 is 11.9 Å². The molecule has 0 fully saturated rings. The van der Waals surface area contributed by atoms with Gasteiger partial charge in [0.15, 0.2) is 5.41 Å². The predicted octanol–water partition coefficient (Wildman–Crippen LogP) is 3.63. The summed E-state index contributed by atoms with van der Waals surface area (Å²) in [5.74, 6) is -1.02. The van der Waals surface area contributed by atoms with Crippen LogP contribution in [-0.2, 0) is 24.5 Å². The van der Waals surface area contributed by atoms with Crippen LogP contribution in [0.3, 0.4) is 0 Å². The van der Waals surface area contributed by atoms with Gasteiger partial charge in [-0.25, -0.2) is 0 Å². The van der Waals surface area contributed by atoms with Crippen molar-refractivity contribution in [3.8, 4) is 0 Å². The molecule has 0 spiro atoms. The molecular formula is C18H26O4. The second kappa shape index (κ2) is 9.23. The Kier molecular flexibility index (Phi) is 7.64. The standard InChI is InChI=1S/C18H26O4/c1-4-12-18(16(19)21-13-5-2,17(20)22-14-6-3)15-10-8-7-9-11-15/h7-11H,4-6,12-14H2,1-3H3. The summed E-state index contributed by atoms with van der Waals surface area (Å²) >= 11 is 0. The van der Waals surface area contributed by atoms with Gasteiger partial charge in [-0.3, -0.25) is 9.59 Å². The van der Waals surface area contributed by atoms with Gasteiger partial charge in [0, 0.05) is 0 Å². The van der Waals surface area contributed by atoms with E-state index in [2.05, 4.69) is 0 Å². The van der Waals surface area contributed by atoms with Crippen LogP contribution in [-0.4, -0.2) is 25.2 Å². The van der Waals surface area contributed by atoms with E-state index < -0.39 is 17.4 Å². The lowest BCUT2D eigenvalue weighted by Crippen LogP contribution is -2.46. The van der Waals surface area contributed by atoms with Crippen LogP contribution in [0.1, 0.15) is 52.0 Å². The molecule has 0 aliphatic rings. The molecule has 0 saturated heterocycles. The average molecular weight is 306 g/mol. The van der Waals surface area contributed by atoms with Crippen LogP contribution >= 0.6 is 0 Å². The molecule has 0 heterocycles. The van der Waals surface area contributed by atoms with Gasteiger partial charge in [0.1, 0.15) is 0 Å². The first-order valence-electron chi connectivity index (χ1n) is 8.03. The Morgan fingerprint density at radius 1 is 0.864 bits per heavy atom. The molecule has 0 radical (unpaired) electrons. The van der Waals surface area contributed by atoms with E-state index in [1.807, 2.05) is 39.0 Å². The van der Waals surface area contributed by atoms with Crippen molar-refractivity contribution in [3.63, 3.8) is 0 Å². The number of rotatable bonds is 9. The van der Waals surface area contributed by atoms with Crippen molar-refractivity contribution in [3.05, 3.63) is 35.9 Å². The minimum absolute atomic E-state index is 0.304. The van der Waals surface area contributed by atoms with Crippen LogP contribution in [0, 0.1) is 0 Å². The Morgan fingerprint density at radius 3 is 1.77 bits per heavy atom. The zero-order valence-corrected chi connectivity index (χ0v) is 13.8. The van der Waals surface area contributed by atoms with Gasteiger partial charge in [-0.1, -0.05) is 57.5 Å². The molecule has 0 atom stereocenters. The molecule has 4 heteroatoms. The van der Waals surface area contributed by atoms with Crippen molar-refractivity contribution in [1.29, 1.82) is 0 Å². The topological polar surface area (TPSA) is 52.6 Å². The van der Waals surface area contributed by atoms with Gasteiger partial charge in [0.2, 0.25) is 0 Å². The summed E-state index contributed by atoms with van der Waals surface area (Å²) in [5, 5.41) is 0. The predicted molar refractivity (Wildman–Crippen MR) is 85.5 cm³/mol. The van der Waals surface area contributed by atoms with Crippen molar-refractivity contribution in [2.75, 3.05) is 13.2 Å². The van der Waals surface area contributed by atoms with E-state index in [0.717, 1.165) is 0 Å². The van der Waals surface area contributed by atoms with Crippen molar-refractivity contribution < 1.29 is 19.1 Å². The molecule has 0 unspecified atom stereocenters. The molecule has 122 valence electrons. The number of benzene rings is 1. The summed E-state index contributed by atoms with van der Waals surface area (Å²) in [6.45, 7) is 6.40. The summed E-state index contributed by atoms with van der Waals surface area (Å²) < 4.78 is 10.7. The third kappa shape index (κ3) is 4.09. The number of carbonyl (C=O) groups is 2. The molecule has 22 heavy (non-hydrogen) atoms. The third-order valence-corrected chi connectivity index (χ3v) is 3.46. The SMILES string of the molecule is CCCOC(=O)C(CCC)(C(=O)OCCC)c1ccccc1. The first kappa shape index (κ1) is 18.2. The molecule has 0 N–H and O–H groups in total. The van der Waals surface area contributed by atoms with Crippen LogP contribution in [0.5, 0.6) is 0 Å². The normalized spacial score (nSPS) is 11.0. The summed E-state index contributed by atoms with van der Waals surface area (Å²) in [6.07, 6.45) is 2.49. The summed E-state index contributed by atoms with van der Waals surface area (Å²) in [7, 11) is 0. The molecule has 0 aromatic heterocycles.